The monoisotopic (exact) mass is 126 g/mol. The molecule has 9 heavy (non-hydrogen) atoms. The van der Waals surface area contributed by atoms with Crippen LogP contribution in [0.5, 0.6) is 0 Å². The van der Waals surface area contributed by atoms with Crippen LogP contribution in [0.15, 0.2) is 0 Å². The molecule has 0 aromatic rings. The van der Waals surface area contributed by atoms with Crippen LogP contribution in [0.1, 0.15) is 26.2 Å². The molecule has 3 unspecified atom stereocenters. The fourth-order valence-corrected chi connectivity index (χ4v) is 2.14. The molecule has 2 saturated heterocycles. The van der Waals surface area contributed by atoms with E-state index in [0.29, 0.717) is 6.10 Å². The van der Waals surface area contributed by atoms with Crippen molar-refractivity contribution in [1.29, 1.82) is 0 Å². The minimum Gasteiger partial charge on any atom is -0.378 e. The van der Waals surface area contributed by atoms with Crippen molar-refractivity contribution in [3.05, 3.63) is 0 Å². The van der Waals surface area contributed by atoms with E-state index in [1.54, 1.807) is 0 Å². The van der Waals surface area contributed by atoms with Gasteiger partial charge in [-0.3, -0.25) is 0 Å². The summed E-state index contributed by atoms with van der Waals surface area (Å²) in [6, 6.07) is 0. The van der Waals surface area contributed by atoms with E-state index >= 15 is 0 Å². The molecular weight excluding hydrogens is 112 g/mol. The molecule has 3 atom stereocenters. The Balaban J connectivity index is 2.06. The molecule has 0 amide bonds. The predicted octanol–water partition coefficient (Wildman–Crippen LogP) is 1.82. The molecule has 1 heteroatoms. The lowest BCUT2D eigenvalue weighted by Gasteiger charge is -2.40. The van der Waals surface area contributed by atoms with Gasteiger partial charge in [-0.25, -0.2) is 0 Å². The van der Waals surface area contributed by atoms with Gasteiger partial charge >= 0.3 is 0 Å². The molecule has 0 radical (unpaired) electrons. The number of hydrogen-bond acceptors (Lipinski definition) is 1. The summed E-state index contributed by atoms with van der Waals surface area (Å²) in [5, 5.41) is 0. The van der Waals surface area contributed by atoms with Gasteiger partial charge in [0.2, 0.25) is 0 Å². The van der Waals surface area contributed by atoms with Gasteiger partial charge in [0, 0.05) is 6.61 Å². The first kappa shape index (κ1) is 5.72. The van der Waals surface area contributed by atoms with E-state index in [9.17, 15) is 0 Å². The zero-order valence-electron chi connectivity index (χ0n) is 5.97. The van der Waals surface area contributed by atoms with Crippen LogP contribution in [0.3, 0.4) is 0 Å². The maximum Gasteiger partial charge on any atom is 0.0601 e. The summed E-state index contributed by atoms with van der Waals surface area (Å²) in [4.78, 5) is 0. The van der Waals surface area contributed by atoms with Crippen molar-refractivity contribution in [3.63, 3.8) is 0 Å². The highest BCUT2D eigenvalue weighted by atomic mass is 16.5. The molecule has 52 valence electrons. The maximum atomic E-state index is 5.59. The summed E-state index contributed by atoms with van der Waals surface area (Å²) in [6.45, 7) is 3.37. The minimum absolute atomic E-state index is 0.620. The quantitative estimate of drug-likeness (QED) is 0.481. The van der Waals surface area contributed by atoms with Gasteiger partial charge < -0.3 is 4.74 Å². The summed E-state index contributed by atoms with van der Waals surface area (Å²) in [6.07, 6.45) is 4.79. The Labute approximate surface area is 56.4 Å². The maximum absolute atomic E-state index is 5.59. The van der Waals surface area contributed by atoms with Gasteiger partial charge in [-0.15, -0.1) is 0 Å². The summed E-state index contributed by atoms with van der Waals surface area (Å²) < 4.78 is 5.59. The van der Waals surface area contributed by atoms with Crippen molar-refractivity contribution in [1.82, 2.24) is 0 Å². The molecule has 3 fully saturated rings. The lowest BCUT2D eigenvalue weighted by molar-refractivity contribution is -0.0944. The van der Waals surface area contributed by atoms with Crippen molar-refractivity contribution in [3.8, 4) is 0 Å². The van der Waals surface area contributed by atoms with Crippen LogP contribution in [0.25, 0.3) is 0 Å². The molecule has 0 spiro atoms. The van der Waals surface area contributed by atoms with Crippen molar-refractivity contribution in [2.45, 2.75) is 32.3 Å². The van der Waals surface area contributed by atoms with Crippen molar-refractivity contribution >= 4 is 0 Å². The van der Waals surface area contributed by atoms with E-state index in [-0.39, 0.29) is 0 Å². The van der Waals surface area contributed by atoms with Crippen molar-refractivity contribution < 1.29 is 4.74 Å². The van der Waals surface area contributed by atoms with E-state index in [4.69, 9.17) is 4.74 Å². The molecule has 2 aliphatic heterocycles. The predicted molar refractivity (Wildman–Crippen MR) is 36.2 cm³/mol. The smallest absolute Gasteiger partial charge is 0.0601 e. The van der Waals surface area contributed by atoms with E-state index < -0.39 is 0 Å². The summed E-state index contributed by atoms with van der Waals surface area (Å²) in [7, 11) is 0. The topological polar surface area (TPSA) is 9.23 Å². The lowest BCUT2D eigenvalue weighted by atomic mass is 9.78. The average molecular weight is 126 g/mol. The molecule has 1 saturated carbocycles. The first-order chi connectivity index (χ1) is 4.36. The number of hydrogen-bond donors (Lipinski definition) is 0. The van der Waals surface area contributed by atoms with Crippen LogP contribution in [0, 0.1) is 11.8 Å². The van der Waals surface area contributed by atoms with Gasteiger partial charge in [0.25, 0.3) is 0 Å². The zero-order valence-corrected chi connectivity index (χ0v) is 5.97. The molecule has 1 aliphatic carbocycles. The second-order valence-electron chi connectivity index (χ2n) is 3.53. The van der Waals surface area contributed by atoms with Crippen LogP contribution < -0.4 is 0 Å². The Kier molecular flexibility index (Phi) is 1.26. The van der Waals surface area contributed by atoms with E-state index in [2.05, 4.69) is 6.92 Å². The first-order valence-electron chi connectivity index (χ1n) is 3.98. The number of ether oxygens (including phenoxy) is 1. The summed E-state index contributed by atoms with van der Waals surface area (Å²) in [5.74, 6) is 1.75. The molecule has 0 aromatic heterocycles. The molecule has 0 aromatic carbocycles. The molecule has 1 nitrogen and oxygen atoms in total. The average Bonchev–Trinajstić information content (AvgIpc) is 1.90. The van der Waals surface area contributed by atoms with Gasteiger partial charge in [0.1, 0.15) is 0 Å². The van der Waals surface area contributed by atoms with Crippen LogP contribution in [-0.2, 0) is 4.74 Å². The highest BCUT2D eigenvalue weighted by molar-refractivity contribution is 4.82. The van der Waals surface area contributed by atoms with E-state index in [1.165, 1.54) is 19.3 Å². The standard InChI is InChI=1S/C8H14O/c1-6-4-7-2-3-8(6)9-5-7/h6-8H,2-5H2,1H3. The Morgan fingerprint density at radius 1 is 1.33 bits per heavy atom. The highest BCUT2D eigenvalue weighted by Crippen LogP contribution is 2.36. The van der Waals surface area contributed by atoms with E-state index in [1.807, 2.05) is 0 Å². The number of fused-ring (bicyclic) bond motifs is 3. The fourth-order valence-electron chi connectivity index (χ4n) is 2.14. The third-order valence-electron chi connectivity index (χ3n) is 2.75. The van der Waals surface area contributed by atoms with Crippen LogP contribution >= 0.6 is 0 Å². The molecule has 0 N–H and O–H groups in total. The van der Waals surface area contributed by atoms with Gasteiger partial charge in [-0.05, 0) is 31.1 Å². The van der Waals surface area contributed by atoms with Gasteiger partial charge in [-0.1, -0.05) is 6.92 Å². The largest absolute Gasteiger partial charge is 0.378 e. The SMILES string of the molecule is CC1CC2CCC1OC2. The Hall–Kier alpha value is -0.0400. The normalized spacial score (nSPS) is 49.7. The van der Waals surface area contributed by atoms with E-state index in [0.717, 1.165) is 18.4 Å². The second-order valence-corrected chi connectivity index (χ2v) is 3.53. The van der Waals surface area contributed by atoms with Crippen molar-refractivity contribution in [2.75, 3.05) is 6.61 Å². The lowest BCUT2D eigenvalue weighted by Crippen LogP contribution is -2.38. The van der Waals surface area contributed by atoms with Crippen LogP contribution in [0.2, 0.25) is 0 Å². The van der Waals surface area contributed by atoms with Crippen LogP contribution in [0.4, 0.5) is 0 Å². The minimum atomic E-state index is 0.620. The molecule has 3 rings (SSSR count). The second kappa shape index (κ2) is 1.98. The Morgan fingerprint density at radius 2 is 2.22 bits per heavy atom. The third kappa shape index (κ3) is 0.877. The highest BCUT2D eigenvalue weighted by Gasteiger charge is 2.33. The Morgan fingerprint density at radius 3 is 2.44 bits per heavy atom. The summed E-state index contributed by atoms with van der Waals surface area (Å²) >= 11 is 0. The van der Waals surface area contributed by atoms with Gasteiger partial charge in [0.05, 0.1) is 6.10 Å². The van der Waals surface area contributed by atoms with Gasteiger partial charge in [0.15, 0.2) is 0 Å². The molecule has 3 aliphatic rings. The third-order valence-corrected chi connectivity index (χ3v) is 2.75. The molecule has 2 heterocycles. The number of rotatable bonds is 0. The zero-order chi connectivity index (χ0) is 6.27. The Bertz CT molecular complexity index is 103. The van der Waals surface area contributed by atoms with Gasteiger partial charge in [-0.2, -0.15) is 0 Å². The first-order valence-corrected chi connectivity index (χ1v) is 3.98. The van der Waals surface area contributed by atoms with Crippen molar-refractivity contribution in [2.24, 2.45) is 11.8 Å². The molecular formula is C8H14O. The summed E-state index contributed by atoms with van der Waals surface area (Å²) in [5.41, 5.74) is 0. The molecule has 2 bridgehead atoms. The fraction of sp³-hybridized carbons (Fsp3) is 1.00. The van der Waals surface area contributed by atoms with Crippen LogP contribution in [-0.4, -0.2) is 12.7 Å².